The lowest BCUT2D eigenvalue weighted by Gasteiger charge is -2.26. The molecule has 1 fully saturated rings. The van der Waals surface area contributed by atoms with Gasteiger partial charge in [-0.25, -0.2) is 0 Å². The fourth-order valence-electron chi connectivity index (χ4n) is 4.06. The zero-order valence-electron chi connectivity index (χ0n) is 16.8. The molecule has 1 heterocycles. The van der Waals surface area contributed by atoms with Crippen LogP contribution in [-0.4, -0.2) is 23.9 Å². The van der Waals surface area contributed by atoms with Gasteiger partial charge in [-0.1, -0.05) is 78.6 Å². The summed E-state index contributed by atoms with van der Waals surface area (Å²) in [5.41, 5.74) is 0. The number of carbonyl (C=O) groups is 1. The van der Waals surface area contributed by atoms with Crippen molar-refractivity contribution in [3.63, 3.8) is 0 Å². The molecule has 2 unspecified atom stereocenters. The molecule has 0 aliphatic carbocycles. The zero-order chi connectivity index (χ0) is 17.6. The van der Waals surface area contributed by atoms with Gasteiger partial charge >= 0.3 is 0 Å². The molecule has 1 amide bonds. The van der Waals surface area contributed by atoms with E-state index in [-0.39, 0.29) is 0 Å². The predicted molar refractivity (Wildman–Crippen MR) is 105 cm³/mol. The minimum atomic E-state index is 0.443. The average Bonchev–Trinajstić information content (AvgIpc) is 2.76. The van der Waals surface area contributed by atoms with Crippen molar-refractivity contribution in [1.29, 1.82) is 0 Å². The maximum Gasteiger partial charge on any atom is 0.222 e. The molecule has 24 heavy (non-hydrogen) atoms. The summed E-state index contributed by atoms with van der Waals surface area (Å²) in [6.45, 7) is 8.84. The number of nitrogens with zero attached hydrogens (tertiary/aromatic N) is 1. The van der Waals surface area contributed by atoms with Gasteiger partial charge in [-0.3, -0.25) is 4.79 Å². The lowest BCUT2D eigenvalue weighted by molar-refractivity contribution is -0.132. The molecule has 0 aromatic carbocycles. The molecular formula is C22H43NO. The van der Waals surface area contributed by atoms with Gasteiger partial charge < -0.3 is 4.90 Å². The summed E-state index contributed by atoms with van der Waals surface area (Å²) in [7, 11) is 0. The molecule has 0 N–H and O–H groups in total. The van der Waals surface area contributed by atoms with Crippen LogP contribution in [-0.2, 0) is 4.79 Å². The van der Waals surface area contributed by atoms with E-state index >= 15 is 0 Å². The standard InChI is InChI=1S/C22H43NO/c1-4-7-9-10-11-12-15-21-16-13-17-23(22(24)18-21)19-20(6-3)14-8-5-2/h20-21H,4-19H2,1-3H3. The van der Waals surface area contributed by atoms with Gasteiger partial charge in [-0.05, 0) is 37.5 Å². The monoisotopic (exact) mass is 337 g/mol. The van der Waals surface area contributed by atoms with E-state index in [1.807, 2.05) is 0 Å². The summed E-state index contributed by atoms with van der Waals surface area (Å²) in [5.74, 6) is 1.81. The lowest BCUT2D eigenvalue weighted by Crippen LogP contribution is -2.35. The first-order chi connectivity index (χ1) is 11.7. The summed E-state index contributed by atoms with van der Waals surface area (Å²) in [6, 6.07) is 0. The van der Waals surface area contributed by atoms with Gasteiger partial charge in [0.05, 0.1) is 0 Å². The van der Waals surface area contributed by atoms with Crippen LogP contribution in [0.3, 0.4) is 0 Å². The topological polar surface area (TPSA) is 20.3 Å². The molecule has 0 saturated carbocycles. The van der Waals surface area contributed by atoms with Crippen molar-refractivity contribution in [2.75, 3.05) is 13.1 Å². The van der Waals surface area contributed by atoms with Crippen LogP contribution in [0.4, 0.5) is 0 Å². The Bertz CT molecular complexity index is 315. The van der Waals surface area contributed by atoms with Crippen molar-refractivity contribution >= 4 is 5.91 Å². The molecule has 1 aliphatic rings. The largest absolute Gasteiger partial charge is 0.342 e. The summed E-state index contributed by atoms with van der Waals surface area (Å²) < 4.78 is 0. The number of amides is 1. The zero-order valence-corrected chi connectivity index (χ0v) is 16.8. The molecule has 0 aromatic rings. The van der Waals surface area contributed by atoms with E-state index in [0.717, 1.165) is 19.5 Å². The van der Waals surface area contributed by atoms with Crippen LogP contribution in [0.5, 0.6) is 0 Å². The third-order valence-electron chi connectivity index (χ3n) is 5.84. The quantitative estimate of drug-likeness (QED) is 0.347. The summed E-state index contributed by atoms with van der Waals surface area (Å²) in [4.78, 5) is 14.8. The Morgan fingerprint density at radius 3 is 2.42 bits per heavy atom. The lowest BCUT2D eigenvalue weighted by atomic mass is 9.93. The van der Waals surface area contributed by atoms with Crippen LogP contribution in [0, 0.1) is 11.8 Å². The number of carbonyl (C=O) groups excluding carboxylic acids is 1. The second-order valence-electron chi connectivity index (χ2n) is 8.03. The Morgan fingerprint density at radius 2 is 1.71 bits per heavy atom. The molecule has 0 bridgehead atoms. The van der Waals surface area contributed by atoms with Crippen LogP contribution in [0.25, 0.3) is 0 Å². The third kappa shape index (κ3) is 9.08. The molecule has 2 atom stereocenters. The SMILES string of the molecule is CCCCCCCCC1CCCN(CC(CC)CCCC)C(=O)C1. The van der Waals surface area contributed by atoms with Gasteiger partial charge in [0.25, 0.3) is 0 Å². The second kappa shape index (κ2) is 13.7. The Labute approximate surface area is 151 Å². The van der Waals surface area contributed by atoms with E-state index in [4.69, 9.17) is 0 Å². The highest BCUT2D eigenvalue weighted by Crippen LogP contribution is 2.25. The number of rotatable bonds is 13. The molecule has 2 heteroatoms. The van der Waals surface area contributed by atoms with Gasteiger partial charge in [0.1, 0.15) is 0 Å². The second-order valence-corrected chi connectivity index (χ2v) is 8.03. The molecule has 0 aromatic heterocycles. The molecule has 1 rings (SSSR count). The first-order valence-electron chi connectivity index (χ1n) is 11.0. The maximum atomic E-state index is 12.6. The first-order valence-corrected chi connectivity index (χ1v) is 11.0. The van der Waals surface area contributed by atoms with Crippen LogP contribution in [0.2, 0.25) is 0 Å². The van der Waals surface area contributed by atoms with E-state index in [0.29, 0.717) is 17.7 Å². The molecule has 1 saturated heterocycles. The predicted octanol–water partition coefficient (Wildman–Crippen LogP) is 6.58. The highest BCUT2D eigenvalue weighted by atomic mass is 16.2. The third-order valence-corrected chi connectivity index (χ3v) is 5.84. The van der Waals surface area contributed by atoms with E-state index in [2.05, 4.69) is 25.7 Å². The van der Waals surface area contributed by atoms with Crippen molar-refractivity contribution in [3.8, 4) is 0 Å². The number of unbranched alkanes of at least 4 members (excludes halogenated alkanes) is 6. The number of hydrogen-bond donors (Lipinski definition) is 0. The Hall–Kier alpha value is -0.530. The van der Waals surface area contributed by atoms with Gasteiger partial charge in [-0.15, -0.1) is 0 Å². The van der Waals surface area contributed by atoms with Crippen LogP contribution < -0.4 is 0 Å². The molecule has 0 radical (unpaired) electrons. The van der Waals surface area contributed by atoms with E-state index in [1.165, 1.54) is 83.5 Å². The van der Waals surface area contributed by atoms with Crippen molar-refractivity contribution in [3.05, 3.63) is 0 Å². The first kappa shape index (κ1) is 21.5. The molecule has 142 valence electrons. The minimum Gasteiger partial charge on any atom is -0.342 e. The minimum absolute atomic E-state index is 0.443. The average molecular weight is 338 g/mol. The van der Waals surface area contributed by atoms with E-state index in [1.54, 1.807) is 0 Å². The van der Waals surface area contributed by atoms with Crippen LogP contribution in [0.15, 0.2) is 0 Å². The van der Waals surface area contributed by atoms with Gasteiger partial charge in [0, 0.05) is 19.5 Å². The highest BCUT2D eigenvalue weighted by Gasteiger charge is 2.24. The van der Waals surface area contributed by atoms with E-state index < -0.39 is 0 Å². The van der Waals surface area contributed by atoms with Gasteiger partial charge in [0.15, 0.2) is 0 Å². The van der Waals surface area contributed by atoms with Crippen molar-refractivity contribution in [1.82, 2.24) is 4.90 Å². The summed E-state index contributed by atoms with van der Waals surface area (Å²) in [5, 5.41) is 0. The number of hydrogen-bond acceptors (Lipinski definition) is 1. The fraction of sp³-hybridized carbons (Fsp3) is 0.955. The summed E-state index contributed by atoms with van der Waals surface area (Å²) in [6.07, 6.45) is 17.8. The molecular weight excluding hydrogens is 294 g/mol. The Balaban J connectivity index is 2.28. The molecule has 1 aliphatic heterocycles. The van der Waals surface area contributed by atoms with Crippen molar-refractivity contribution in [2.24, 2.45) is 11.8 Å². The maximum absolute atomic E-state index is 12.6. The number of likely N-dealkylation sites (tertiary alicyclic amines) is 1. The van der Waals surface area contributed by atoms with Crippen molar-refractivity contribution < 1.29 is 4.79 Å². The normalized spacial score (nSPS) is 20.2. The van der Waals surface area contributed by atoms with E-state index in [9.17, 15) is 4.79 Å². The Kier molecular flexibility index (Phi) is 12.3. The molecule has 0 spiro atoms. The Morgan fingerprint density at radius 1 is 1.00 bits per heavy atom. The van der Waals surface area contributed by atoms with Crippen molar-refractivity contribution in [2.45, 2.75) is 111 Å². The van der Waals surface area contributed by atoms with Crippen LogP contribution >= 0.6 is 0 Å². The van der Waals surface area contributed by atoms with Gasteiger partial charge in [-0.2, -0.15) is 0 Å². The highest BCUT2D eigenvalue weighted by molar-refractivity contribution is 5.76. The molecule has 2 nitrogen and oxygen atoms in total. The van der Waals surface area contributed by atoms with Crippen LogP contribution in [0.1, 0.15) is 111 Å². The van der Waals surface area contributed by atoms with Gasteiger partial charge in [0.2, 0.25) is 5.91 Å². The summed E-state index contributed by atoms with van der Waals surface area (Å²) >= 11 is 0. The fourth-order valence-corrected chi connectivity index (χ4v) is 4.06. The smallest absolute Gasteiger partial charge is 0.222 e.